The van der Waals surface area contributed by atoms with Crippen LogP contribution in [0.2, 0.25) is 0 Å². The molecule has 3 rings (SSSR count). The van der Waals surface area contributed by atoms with E-state index in [2.05, 4.69) is 0 Å². The molecule has 1 aromatic heterocycles. The second-order valence-electron chi connectivity index (χ2n) is 5.82. The average molecular weight is 408 g/mol. The molecule has 0 aliphatic rings. The topological polar surface area (TPSA) is 90.7 Å². The minimum atomic E-state index is -4.74. The number of benzene rings is 2. The molecule has 9 heteroatoms. The molecule has 0 spiro atoms. The molecule has 0 amide bonds. The van der Waals surface area contributed by atoms with Crippen LogP contribution in [0.4, 0.5) is 8.78 Å². The molecule has 0 aliphatic carbocycles. The standard InChI is InChI=1S/C19H14F2O6S/c1-2-11-9-17(22)27-16-10-13(5-8-15(11)16)26-18(23)12-3-6-14(7-4-12)28(24,25)19(20)21/h3-10,19H,2H2,1H3. The Morgan fingerprint density at radius 3 is 2.39 bits per heavy atom. The summed E-state index contributed by atoms with van der Waals surface area (Å²) >= 11 is 0. The summed E-state index contributed by atoms with van der Waals surface area (Å²) in [7, 11) is -4.74. The first kappa shape index (κ1) is 19.7. The molecule has 0 bridgehead atoms. The van der Waals surface area contributed by atoms with Crippen LogP contribution in [-0.2, 0) is 16.3 Å². The Labute approximate surface area is 158 Å². The van der Waals surface area contributed by atoms with E-state index in [1.165, 1.54) is 18.2 Å². The first-order chi connectivity index (χ1) is 13.2. The number of ether oxygens (including phenoxy) is 1. The highest BCUT2D eigenvalue weighted by Gasteiger charge is 2.26. The van der Waals surface area contributed by atoms with E-state index in [-0.39, 0.29) is 16.9 Å². The van der Waals surface area contributed by atoms with Gasteiger partial charge in [-0.25, -0.2) is 18.0 Å². The first-order valence-corrected chi connectivity index (χ1v) is 9.68. The Kier molecular flexibility index (Phi) is 5.28. The number of carbonyl (C=O) groups is 1. The molecule has 0 unspecified atom stereocenters. The van der Waals surface area contributed by atoms with E-state index >= 15 is 0 Å². The Hall–Kier alpha value is -3.07. The summed E-state index contributed by atoms with van der Waals surface area (Å²) in [6.45, 7) is 1.89. The quantitative estimate of drug-likeness (QED) is 0.364. The maximum Gasteiger partial charge on any atom is 0.343 e. The molecule has 0 saturated heterocycles. The van der Waals surface area contributed by atoms with E-state index in [0.717, 1.165) is 29.8 Å². The van der Waals surface area contributed by atoms with Crippen molar-refractivity contribution in [1.82, 2.24) is 0 Å². The number of esters is 1. The van der Waals surface area contributed by atoms with E-state index in [4.69, 9.17) is 9.15 Å². The fourth-order valence-corrected chi connectivity index (χ4v) is 3.34. The molecule has 0 radical (unpaired) electrons. The lowest BCUT2D eigenvalue weighted by atomic mass is 10.1. The van der Waals surface area contributed by atoms with Gasteiger partial charge in [-0.1, -0.05) is 6.92 Å². The monoisotopic (exact) mass is 408 g/mol. The average Bonchev–Trinajstić information content (AvgIpc) is 2.66. The van der Waals surface area contributed by atoms with E-state index in [9.17, 15) is 26.8 Å². The van der Waals surface area contributed by atoms with Crippen molar-refractivity contribution in [2.75, 3.05) is 0 Å². The molecule has 2 aromatic carbocycles. The number of carbonyl (C=O) groups excluding carboxylic acids is 1. The zero-order valence-electron chi connectivity index (χ0n) is 14.5. The van der Waals surface area contributed by atoms with Crippen molar-refractivity contribution in [2.45, 2.75) is 24.0 Å². The van der Waals surface area contributed by atoms with Crippen LogP contribution in [0.1, 0.15) is 22.8 Å². The van der Waals surface area contributed by atoms with Crippen LogP contribution in [0.5, 0.6) is 5.75 Å². The molecular weight excluding hydrogens is 394 g/mol. The highest BCUT2D eigenvalue weighted by molar-refractivity contribution is 7.91. The van der Waals surface area contributed by atoms with E-state index in [0.29, 0.717) is 11.8 Å². The molecule has 0 fully saturated rings. The van der Waals surface area contributed by atoms with Crippen molar-refractivity contribution in [3.8, 4) is 5.75 Å². The van der Waals surface area contributed by atoms with Gasteiger partial charge in [-0.3, -0.25) is 0 Å². The number of halogens is 2. The van der Waals surface area contributed by atoms with E-state index in [1.54, 1.807) is 6.07 Å². The maximum absolute atomic E-state index is 12.5. The normalized spacial score (nSPS) is 11.7. The largest absolute Gasteiger partial charge is 0.423 e. The lowest BCUT2D eigenvalue weighted by molar-refractivity contribution is 0.0735. The summed E-state index contributed by atoms with van der Waals surface area (Å²) in [4.78, 5) is 23.2. The van der Waals surface area contributed by atoms with Crippen molar-refractivity contribution in [2.24, 2.45) is 0 Å². The minimum Gasteiger partial charge on any atom is -0.423 e. The summed E-state index contributed by atoms with van der Waals surface area (Å²) in [6, 6.07) is 9.93. The van der Waals surface area contributed by atoms with E-state index < -0.39 is 32.1 Å². The Balaban J connectivity index is 1.86. The number of rotatable bonds is 5. The summed E-state index contributed by atoms with van der Waals surface area (Å²) in [5.74, 6) is -4.27. The third-order valence-corrected chi connectivity index (χ3v) is 5.44. The van der Waals surface area contributed by atoms with Gasteiger partial charge in [0.05, 0.1) is 10.5 Å². The van der Waals surface area contributed by atoms with Gasteiger partial charge in [-0.15, -0.1) is 0 Å². The minimum absolute atomic E-state index is 0.0305. The number of hydrogen-bond acceptors (Lipinski definition) is 6. The smallest absolute Gasteiger partial charge is 0.343 e. The van der Waals surface area contributed by atoms with Gasteiger partial charge in [-0.05, 0) is 48.4 Å². The van der Waals surface area contributed by atoms with Crippen molar-refractivity contribution in [3.63, 3.8) is 0 Å². The van der Waals surface area contributed by atoms with Gasteiger partial charge in [0.25, 0.3) is 0 Å². The molecule has 28 heavy (non-hydrogen) atoms. The molecule has 3 aromatic rings. The van der Waals surface area contributed by atoms with Crippen LogP contribution in [0.3, 0.4) is 0 Å². The van der Waals surface area contributed by atoms with E-state index in [1.807, 2.05) is 6.92 Å². The highest BCUT2D eigenvalue weighted by Crippen LogP contribution is 2.24. The molecular formula is C19H14F2O6S. The van der Waals surface area contributed by atoms with Gasteiger partial charge in [0, 0.05) is 17.5 Å². The molecule has 0 saturated carbocycles. The second kappa shape index (κ2) is 7.51. The fraction of sp³-hybridized carbons (Fsp3) is 0.158. The predicted molar refractivity (Wildman–Crippen MR) is 96.5 cm³/mol. The van der Waals surface area contributed by atoms with Crippen LogP contribution < -0.4 is 10.4 Å². The fourth-order valence-electron chi connectivity index (χ4n) is 2.62. The van der Waals surface area contributed by atoms with Gasteiger partial charge < -0.3 is 9.15 Å². The zero-order valence-corrected chi connectivity index (χ0v) is 15.3. The van der Waals surface area contributed by atoms with Crippen molar-refractivity contribution < 1.29 is 31.1 Å². The second-order valence-corrected chi connectivity index (χ2v) is 7.74. The van der Waals surface area contributed by atoms with Crippen LogP contribution in [0, 0.1) is 0 Å². The number of fused-ring (bicyclic) bond motifs is 1. The lowest BCUT2D eigenvalue weighted by Crippen LogP contribution is -2.12. The first-order valence-electron chi connectivity index (χ1n) is 8.13. The molecule has 0 atom stereocenters. The molecule has 6 nitrogen and oxygen atoms in total. The Morgan fingerprint density at radius 1 is 1.11 bits per heavy atom. The number of alkyl halides is 2. The Morgan fingerprint density at radius 2 is 1.79 bits per heavy atom. The predicted octanol–water partition coefficient (Wildman–Crippen LogP) is 3.57. The third kappa shape index (κ3) is 3.79. The number of hydrogen-bond donors (Lipinski definition) is 0. The van der Waals surface area contributed by atoms with Crippen molar-refractivity contribution in [3.05, 3.63) is 70.1 Å². The summed E-state index contributed by atoms with van der Waals surface area (Å²) in [6.07, 6.45) is 0.620. The number of sulfone groups is 1. The Bertz CT molecular complexity index is 1200. The molecule has 146 valence electrons. The van der Waals surface area contributed by atoms with Gasteiger partial charge in [0.2, 0.25) is 9.84 Å². The molecule has 0 N–H and O–H groups in total. The van der Waals surface area contributed by atoms with Gasteiger partial charge in [-0.2, -0.15) is 8.78 Å². The van der Waals surface area contributed by atoms with Crippen LogP contribution in [-0.4, -0.2) is 20.1 Å². The zero-order chi connectivity index (χ0) is 20.5. The van der Waals surface area contributed by atoms with Crippen LogP contribution in [0.15, 0.2) is 62.6 Å². The summed E-state index contributed by atoms with van der Waals surface area (Å²) in [5, 5.41) is 0.712. The summed E-state index contributed by atoms with van der Waals surface area (Å²) in [5.41, 5.74) is 0.494. The lowest BCUT2D eigenvalue weighted by Gasteiger charge is -2.08. The van der Waals surface area contributed by atoms with Crippen LogP contribution >= 0.6 is 0 Å². The highest BCUT2D eigenvalue weighted by atomic mass is 32.2. The third-order valence-electron chi connectivity index (χ3n) is 4.05. The maximum atomic E-state index is 12.5. The molecule has 1 heterocycles. The van der Waals surface area contributed by atoms with Gasteiger partial charge in [0.15, 0.2) is 0 Å². The number of aryl methyl sites for hydroxylation is 1. The SMILES string of the molecule is CCc1cc(=O)oc2cc(OC(=O)c3ccc(S(=O)(=O)C(F)F)cc3)ccc12. The van der Waals surface area contributed by atoms with Crippen LogP contribution in [0.25, 0.3) is 11.0 Å². The molecule has 0 aliphatic heterocycles. The van der Waals surface area contributed by atoms with Gasteiger partial charge in [0.1, 0.15) is 11.3 Å². The van der Waals surface area contributed by atoms with Crippen molar-refractivity contribution in [1.29, 1.82) is 0 Å². The summed E-state index contributed by atoms with van der Waals surface area (Å²) < 4.78 is 58.2. The van der Waals surface area contributed by atoms with Crippen molar-refractivity contribution >= 4 is 26.8 Å². The van der Waals surface area contributed by atoms with Gasteiger partial charge >= 0.3 is 17.4 Å².